The van der Waals surface area contributed by atoms with Gasteiger partial charge in [0.2, 0.25) is 6.29 Å². The third kappa shape index (κ3) is 4.26. The fraction of sp³-hybridized carbons (Fsp3) is 0.500. The predicted molar refractivity (Wildman–Crippen MR) is 83.8 cm³/mol. The molecule has 0 aromatic heterocycles. The van der Waals surface area contributed by atoms with Crippen LogP contribution < -0.4 is 9.96 Å². The van der Waals surface area contributed by atoms with Crippen molar-refractivity contribution in [3.05, 3.63) is 29.2 Å². The fourth-order valence-electron chi connectivity index (χ4n) is 2.06. The molecule has 0 bridgehead atoms. The summed E-state index contributed by atoms with van der Waals surface area (Å²) in [5.74, 6) is 0.265. The summed E-state index contributed by atoms with van der Waals surface area (Å²) in [6.45, 7) is -0.393. The Labute approximate surface area is 144 Å². The summed E-state index contributed by atoms with van der Waals surface area (Å²) in [6, 6.07) is 5.88. The molecule has 0 amide bonds. The Kier molecular flexibility index (Phi) is 6.46. The molecule has 0 aliphatic carbocycles. The van der Waals surface area contributed by atoms with Gasteiger partial charge in [0, 0.05) is 0 Å². The third-order valence-electron chi connectivity index (χ3n) is 3.30. The Hall–Kier alpha value is -1.09. The second-order valence-corrected chi connectivity index (χ2v) is 5.17. The lowest BCUT2D eigenvalue weighted by atomic mass is 9.99. The SMILES string of the molecule is O=NC[C@H]1O[C@@H](Oc2ccc(N(O)OI)cc2)[C@H](O)[C@@H](O)[C@@H]1O. The first-order valence-electron chi connectivity index (χ1n) is 6.51. The van der Waals surface area contributed by atoms with Crippen LogP contribution in [0.3, 0.4) is 0 Å². The van der Waals surface area contributed by atoms with Crippen LogP contribution in [0.1, 0.15) is 0 Å². The number of rotatable bonds is 6. The van der Waals surface area contributed by atoms with E-state index in [0.29, 0.717) is 10.9 Å². The molecule has 0 unspecified atom stereocenters. The van der Waals surface area contributed by atoms with Crippen molar-refractivity contribution in [2.75, 3.05) is 11.8 Å². The summed E-state index contributed by atoms with van der Waals surface area (Å²) in [5.41, 5.74) is 0.329. The molecule has 0 spiro atoms. The number of benzene rings is 1. The summed E-state index contributed by atoms with van der Waals surface area (Å²) in [6.07, 6.45) is -6.89. The van der Waals surface area contributed by atoms with Crippen LogP contribution in [0.15, 0.2) is 29.4 Å². The Balaban J connectivity index is 2.07. The zero-order chi connectivity index (χ0) is 17.0. The highest BCUT2D eigenvalue weighted by molar-refractivity contribution is 14.1. The zero-order valence-corrected chi connectivity index (χ0v) is 13.8. The van der Waals surface area contributed by atoms with Gasteiger partial charge in [-0.15, -0.1) is 5.23 Å². The number of hydrogen-bond donors (Lipinski definition) is 4. The number of aliphatic hydroxyl groups excluding tert-OH is 3. The minimum Gasteiger partial charge on any atom is -0.462 e. The van der Waals surface area contributed by atoms with Crippen LogP contribution in [-0.4, -0.2) is 57.8 Å². The number of nitroso groups, excluding NO2 is 1. The maximum Gasteiger partial charge on any atom is 0.229 e. The van der Waals surface area contributed by atoms with E-state index in [-0.39, 0.29) is 5.75 Å². The van der Waals surface area contributed by atoms with E-state index in [2.05, 4.69) is 8.34 Å². The number of ether oxygens (including phenoxy) is 2. The van der Waals surface area contributed by atoms with E-state index in [1.807, 2.05) is 0 Å². The van der Waals surface area contributed by atoms with Gasteiger partial charge in [0.25, 0.3) is 0 Å². The average Bonchev–Trinajstić information content (AvgIpc) is 2.57. The van der Waals surface area contributed by atoms with Gasteiger partial charge in [-0.1, -0.05) is 5.18 Å². The molecular weight excluding hydrogens is 427 g/mol. The van der Waals surface area contributed by atoms with Crippen LogP contribution in [0, 0.1) is 4.91 Å². The van der Waals surface area contributed by atoms with E-state index >= 15 is 0 Å². The summed E-state index contributed by atoms with van der Waals surface area (Å²) in [5, 5.41) is 41.9. The molecule has 5 atom stereocenters. The van der Waals surface area contributed by atoms with Gasteiger partial charge >= 0.3 is 0 Å². The molecule has 11 heteroatoms. The summed E-state index contributed by atoms with van der Waals surface area (Å²) >= 11 is 1.49. The van der Waals surface area contributed by atoms with Crippen LogP contribution >= 0.6 is 23.0 Å². The van der Waals surface area contributed by atoms with Gasteiger partial charge in [-0.2, -0.15) is 8.07 Å². The van der Waals surface area contributed by atoms with Gasteiger partial charge in [-0.3, -0.25) is 5.21 Å². The zero-order valence-electron chi connectivity index (χ0n) is 11.6. The van der Waals surface area contributed by atoms with Crippen molar-refractivity contribution in [2.24, 2.45) is 5.18 Å². The molecule has 1 fully saturated rings. The van der Waals surface area contributed by atoms with Gasteiger partial charge in [0.1, 0.15) is 59.7 Å². The summed E-state index contributed by atoms with van der Waals surface area (Å²) in [7, 11) is 0. The average molecular weight is 442 g/mol. The van der Waals surface area contributed by atoms with Crippen molar-refractivity contribution in [3.63, 3.8) is 0 Å². The molecule has 1 heterocycles. The van der Waals surface area contributed by atoms with Gasteiger partial charge in [-0.25, -0.2) is 0 Å². The van der Waals surface area contributed by atoms with Crippen molar-refractivity contribution < 1.29 is 33.2 Å². The molecule has 1 aromatic carbocycles. The fourth-order valence-corrected chi connectivity index (χ4v) is 2.29. The first kappa shape index (κ1) is 18.3. The molecule has 1 saturated heterocycles. The topological polar surface area (TPSA) is 141 Å². The van der Waals surface area contributed by atoms with Crippen LogP contribution in [0.4, 0.5) is 5.69 Å². The Morgan fingerprint density at radius 3 is 2.39 bits per heavy atom. The minimum absolute atomic E-state index is 0.265. The number of nitrogens with zero attached hydrogens (tertiary/aromatic N) is 2. The van der Waals surface area contributed by atoms with E-state index in [1.165, 1.54) is 47.3 Å². The molecule has 1 aliphatic rings. The highest BCUT2D eigenvalue weighted by Crippen LogP contribution is 2.26. The Bertz CT molecular complexity index is 518. The van der Waals surface area contributed by atoms with Gasteiger partial charge < -0.3 is 24.8 Å². The van der Waals surface area contributed by atoms with Crippen molar-refractivity contribution in [3.8, 4) is 5.75 Å². The van der Waals surface area contributed by atoms with Crippen molar-refractivity contribution in [1.82, 2.24) is 0 Å². The van der Waals surface area contributed by atoms with Crippen molar-refractivity contribution in [1.29, 1.82) is 0 Å². The molecule has 128 valence electrons. The quantitative estimate of drug-likeness (QED) is 0.275. The molecule has 0 radical (unpaired) electrons. The molecule has 2 rings (SSSR count). The maximum absolute atomic E-state index is 10.3. The first-order valence-corrected chi connectivity index (χ1v) is 7.39. The normalized spacial score (nSPS) is 30.7. The number of halogens is 1. The van der Waals surface area contributed by atoms with Gasteiger partial charge in [0.05, 0.1) is 5.69 Å². The molecule has 23 heavy (non-hydrogen) atoms. The van der Waals surface area contributed by atoms with Crippen LogP contribution in [0.2, 0.25) is 0 Å². The molecule has 1 aliphatic heterocycles. The molecule has 0 saturated carbocycles. The van der Waals surface area contributed by atoms with Crippen LogP contribution in [0.5, 0.6) is 5.75 Å². The minimum atomic E-state index is -1.54. The van der Waals surface area contributed by atoms with Gasteiger partial charge in [-0.05, 0) is 24.3 Å². The van der Waals surface area contributed by atoms with Crippen molar-refractivity contribution in [2.45, 2.75) is 30.7 Å². The van der Waals surface area contributed by atoms with E-state index < -0.39 is 37.3 Å². The number of anilines is 1. The molecular formula is C12H15IN2O8. The Morgan fingerprint density at radius 2 is 1.83 bits per heavy atom. The largest absolute Gasteiger partial charge is 0.462 e. The van der Waals surface area contributed by atoms with Gasteiger partial charge in [0.15, 0.2) is 0 Å². The van der Waals surface area contributed by atoms with E-state index in [1.54, 1.807) is 0 Å². The van der Waals surface area contributed by atoms with Crippen LogP contribution in [0.25, 0.3) is 0 Å². The second kappa shape index (κ2) is 8.14. The highest BCUT2D eigenvalue weighted by atomic mass is 127. The highest BCUT2D eigenvalue weighted by Gasteiger charge is 2.45. The maximum atomic E-state index is 10.3. The summed E-state index contributed by atoms with van der Waals surface area (Å²) < 4.78 is 15.2. The standard InChI is InChI=1S/C12H15IN2O8/c13-23-15(20)6-1-3-7(4-2-6)21-12-11(18)10(17)9(16)8(22-12)5-14-19/h1-4,8-12,16-18,20H,5H2/t8-,9-,10+,11-,12-/m1/s1. The lowest BCUT2D eigenvalue weighted by molar-refractivity contribution is -0.269. The smallest absolute Gasteiger partial charge is 0.229 e. The third-order valence-corrected chi connectivity index (χ3v) is 3.67. The van der Waals surface area contributed by atoms with Crippen molar-refractivity contribution >= 4 is 28.7 Å². The monoisotopic (exact) mass is 442 g/mol. The number of aliphatic hydroxyl groups is 3. The molecule has 10 nitrogen and oxygen atoms in total. The first-order chi connectivity index (χ1) is 11.0. The lowest BCUT2D eigenvalue weighted by Crippen LogP contribution is -2.59. The molecule has 1 aromatic rings. The number of hydrogen-bond acceptors (Lipinski definition) is 10. The second-order valence-electron chi connectivity index (χ2n) is 4.78. The molecule has 4 N–H and O–H groups in total. The van der Waals surface area contributed by atoms with E-state index in [9.17, 15) is 25.4 Å². The van der Waals surface area contributed by atoms with E-state index in [0.717, 1.165) is 0 Å². The summed E-state index contributed by atoms with van der Waals surface area (Å²) in [4.78, 5) is 10.3. The van der Waals surface area contributed by atoms with Crippen LogP contribution in [-0.2, 0) is 7.90 Å². The predicted octanol–water partition coefficient (Wildman–Crippen LogP) is 0.117. The Morgan fingerprint density at radius 1 is 1.17 bits per heavy atom. The lowest BCUT2D eigenvalue weighted by Gasteiger charge is -2.39. The van der Waals surface area contributed by atoms with E-state index in [4.69, 9.17) is 9.47 Å².